The smallest absolute Gasteiger partial charge is 0.266 e. The fourth-order valence-electron chi connectivity index (χ4n) is 2.24. The number of pyridine rings is 1. The van der Waals surface area contributed by atoms with Crippen LogP contribution < -0.4 is 18.9 Å². The quantitative estimate of drug-likeness (QED) is 0.515. The number of H-pyrrole nitrogens is 1. The predicted octanol–water partition coefficient (Wildman–Crippen LogP) is 2.17. The largest absolute Gasteiger partial charge is 0.481 e. The molecule has 0 aliphatic carbocycles. The molecule has 10 nitrogen and oxygen atoms in total. The van der Waals surface area contributed by atoms with Crippen LogP contribution in [0.25, 0.3) is 11.0 Å². The van der Waals surface area contributed by atoms with Crippen molar-refractivity contribution >= 4 is 38.6 Å². The zero-order valence-corrected chi connectivity index (χ0v) is 15.9. The molecule has 3 heterocycles. The number of aromatic amines is 1. The van der Waals surface area contributed by atoms with Gasteiger partial charge >= 0.3 is 0 Å². The summed E-state index contributed by atoms with van der Waals surface area (Å²) >= 11 is 5.80. The number of ether oxygens (including phenoxy) is 3. The highest BCUT2D eigenvalue weighted by molar-refractivity contribution is 7.93. The van der Waals surface area contributed by atoms with Crippen molar-refractivity contribution in [3.63, 3.8) is 0 Å². The number of hydrogen-bond donors (Lipinski definition) is 2. The lowest BCUT2D eigenvalue weighted by molar-refractivity contribution is 0.240. The molecule has 0 radical (unpaired) electrons. The van der Waals surface area contributed by atoms with Crippen molar-refractivity contribution in [2.24, 2.45) is 0 Å². The molecule has 0 aliphatic heterocycles. The molecule has 0 bridgehead atoms. The molecule has 0 spiro atoms. The van der Waals surface area contributed by atoms with E-state index in [1.54, 1.807) is 0 Å². The Bertz CT molecular complexity index is 1250. The number of aromatic nitrogens is 4. The zero-order valence-electron chi connectivity index (χ0n) is 18.3. The van der Waals surface area contributed by atoms with Gasteiger partial charge in [-0.05, 0) is 12.1 Å². The van der Waals surface area contributed by atoms with Crippen LogP contribution >= 0.6 is 11.6 Å². The minimum atomic E-state index is -4.27. The van der Waals surface area contributed by atoms with Crippen LogP contribution in [0.3, 0.4) is 0 Å². The molecule has 3 aromatic rings. The van der Waals surface area contributed by atoms with Crippen LogP contribution in [-0.2, 0) is 10.0 Å². The van der Waals surface area contributed by atoms with Gasteiger partial charge in [0.05, 0.1) is 19.7 Å². The third-order valence-electron chi connectivity index (χ3n) is 3.36. The Balaban J connectivity index is 2.01. The fraction of sp³-hybridized carbons (Fsp3) is 0.267. The van der Waals surface area contributed by atoms with E-state index in [4.69, 9.17) is 31.3 Å². The molecular weight excluding hydrogens is 417 g/mol. The van der Waals surface area contributed by atoms with Crippen LogP contribution in [0, 0.1) is 0 Å². The number of fused-ring (bicyclic) bond motifs is 1. The van der Waals surface area contributed by atoms with Gasteiger partial charge < -0.3 is 19.2 Å². The van der Waals surface area contributed by atoms with Crippen LogP contribution in [-0.4, -0.2) is 55.8 Å². The summed E-state index contributed by atoms with van der Waals surface area (Å²) in [5.41, 5.74) is 0.223. The van der Waals surface area contributed by atoms with Gasteiger partial charge in [-0.2, -0.15) is 9.97 Å². The average molecular weight is 436 g/mol. The molecular formula is C15H15ClFN5O5S. The Morgan fingerprint density at radius 2 is 1.93 bits per heavy atom. The Morgan fingerprint density at radius 1 is 1.25 bits per heavy atom. The third-order valence-corrected chi connectivity index (χ3v) is 4.94. The number of hydrogen-bond acceptors (Lipinski definition) is 8. The van der Waals surface area contributed by atoms with Crippen LogP contribution in [0.15, 0.2) is 23.2 Å². The van der Waals surface area contributed by atoms with E-state index < -0.39 is 46.7 Å². The van der Waals surface area contributed by atoms with E-state index in [1.807, 2.05) is 0 Å². The summed E-state index contributed by atoms with van der Waals surface area (Å²) in [6, 6.07) is 2.85. The van der Waals surface area contributed by atoms with Gasteiger partial charge in [-0.3, -0.25) is 0 Å². The van der Waals surface area contributed by atoms with E-state index in [0.29, 0.717) is 0 Å². The zero-order chi connectivity index (χ0) is 23.9. The molecule has 0 unspecified atom stereocenters. The van der Waals surface area contributed by atoms with Gasteiger partial charge in [-0.1, -0.05) is 11.6 Å². The highest BCUT2D eigenvalue weighted by atomic mass is 35.5. The number of alkyl halides is 1. The van der Waals surface area contributed by atoms with E-state index in [0.717, 1.165) is 14.2 Å². The second-order valence-electron chi connectivity index (χ2n) is 4.98. The van der Waals surface area contributed by atoms with E-state index in [9.17, 15) is 12.8 Å². The van der Waals surface area contributed by atoms with E-state index in [1.165, 1.54) is 18.3 Å². The topological polar surface area (TPSA) is 128 Å². The first-order valence-corrected chi connectivity index (χ1v) is 9.19. The molecule has 0 atom stereocenters. The van der Waals surface area contributed by atoms with Gasteiger partial charge in [-0.25, -0.2) is 22.5 Å². The third kappa shape index (κ3) is 3.87. The molecule has 3 aromatic heterocycles. The van der Waals surface area contributed by atoms with Gasteiger partial charge in [0.2, 0.25) is 11.7 Å². The molecule has 3 rings (SSSR count). The van der Waals surface area contributed by atoms with Crippen molar-refractivity contribution in [2.45, 2.75) is 4.90 Å². The summed E-state index contributed by atoms with van der Waals surface area (Å²) in [6.45, 7) is -7.38. The molecule has 0 fully saturated rings. The van der Waals surface area contributed by atoms with Gasteiger partial charge in [0.1, 0.15) is 28.9 Å². The number of nitrogens with zero attached hydrogens (tertiary/aromatic N) is 3. The predicted molar refractivity (Wildman–Crippen MR) is 98.5 cm³/mol. The van der Waals surface area contributed by atoms with Crippen LogP contribution in [0.4, 0.5) is 10.3 Å². The van der Waals surface area contributed by atoms with Gasteiger partial charge in [0, 0.05) is 11.6 Å². The molecule has 0 aromatic carbocycles. The average Bonchev–Trinajstić information content (AvgIpc) is 3.11. The monoisotopic (exact) mass is 435 g/mol. The number of sulfonamides is 1. The summed E-state index contributed by atoms with van der Waals surface area (Å²) < 4.78 is 84.7. The number of nitrogens with one attached hydrogen (secondary N) is 2. The summed E-state index contributed by atoms with van der Waals surface area (Å²) in [4.78, 5) is 14.0. The second kappa shape index (κ2) is 8.02. The first kappa shape index (κ1) is 15.1. The maximum atomic E-state index is 13.5. The van der Waals surface area contributed by atoms with Gasteiger partial charge in [-0.15, -0.1) is 0 Å². The summed E-state index contributed by atoms with van der Waals surface area (Å²) in [7, 11) is -2.10. The van der Waals surface area contributed by atoms with Crippen LogP contribution in [0.2, 0.25) is 5.15 Å². The van der Waals surface area contributed by atoms with Crippen LogP contribution in [0.1, 0.15) is 5.48 Å². The number of halogens is 2. The summed E-state index contributed by atoms with van der Waals surface area (Å²) in [6.07, 6.45) is 1.18. The lowest BCUT2D eigenvalue weighted by Gasteiger charge is -2.14. The van der Waals surface area contributed by atoms with Crippen molar-refractivity contribution in [3.05, 3.63) is 23.5 Å². The molecule has 150 valence electrons. The highest BCUT2D eigenvalue weighted by Gasteiger charge is 2.24. The molecule has 0 amide bonds. The minimum Gasteiger partial charge on any atom is -0.481 e. The highest BCUT2D eigenvalue weighted by Crippen LogP contribution is 2.35. The molecule has 13 heteroatoms. The normalized spacial score (nSPS) is 14.6. The lowest BCUT2D eigenvalue weighted by atomic mass is 10.3. The van der Waals surface area contributed by atoms with Gasteiger partial charge in [0.15, 0.2) is 0 Å². The lowest BCUT2D eigenvalue weighted by Crippen LogP contribution is -2.16. The first-order chi connectivity index (χ1) is 14.8. The van der Waals surface area contributed by atoms with Crippen molar-refractivity contribution in [1.29, 1.82) is 0 Å². The number of anilines is 1. The Labute approximate surface area is 169 Å². The number of rotatable bonds is 8. The first-order valence-electron chi connectivity index (χ1n) is 9.33. The summed E-state index contributed by atoms with van der Waals surface area (Å²) in [5, 5.41) is 0.390. The molecule has 2 N–H and O–H groups in total. The maximum Gasteiger partial charge on any atom is 0.266 e. The van der Waals surface area contributed by atoms with E-state index in [-0.39, 0.29) is 21.1 Å². The number of methoxy groups -OCH3 is 2. The van der Waals surface area contributed by atoms with E-state index in [2.05, 4.69) is 24.7 Å². The van der Waals surface area contributed by atoms with Gasteiger partial charge in [0.25, 0.3) is 21.8 Å². The SMILES string of the molecule is [2H]C([2H])(F)C([2H])([2H])Oc1c(OC)nc(NS(=O)(=O)c2c[nH]c3nc(Cl)ccc23)nc1OC. The summed E-state index contributed by atoms with van der Waals surface area (Å²) in [5.74, 6) is -2.33. The molecule has 0 saturated carbocycles. The van der Waals surface area contributed by atoms with Crippen molar-refractivity contribution in [2.75, 3.05) is 32.1 Å². The minimum absolute atomic E-state index is 0.155. The molecule has 28 heavy (non-hydrogen) atoms. The fourth-order valence-corrected chi connectivity index (χ4v) is 3.50. The Morgan fingerprint density at radius 3 is 2.54 bits per heavy atom. The van der Waals surface area contributed by atoms with Crippen LogP contribution in [0.5, 0.6) is 17.5 Å². The van der Waals surface area contributed by atoms with Crippen molar-refractivity contribution in [1.82, 2.24) is 19.9 Å². The second-order valence-corrected chi connectivity index (χ2v) is 7.02. The molecule has 0 saturated heterocycles. The maximum absolute atomic E-state index is 13.5. The Kier molecular flexibility index (Phi) is 4.33. The Hall–Kier alpha value is -2.86. The van der Waals surface area contributed by atoms with Crippen molar-refractivity contribution < 1.29 is 32.5 Å². The molecule has 0 aliphatic rings. The standard InChI is InChI=1S/C15H15ClFN5O5S/c1-25-13-11(27-6-5-17)14(26-2)21-15(20-13)22-28(23,24)9-7-18-12-8(9)3-4-10(16)19-12/h3-4,7H,5-6H2,1-2H3,(H,18,19)(H,20,21,22)/i5D2,6D2. The van der Waals surface area contributed by atoms with Crippen molar-refractivity contribution in [3.8, 4) is 17.5 Å². The van der Waals surface area contributed by atoms with E-state index >= 15 is 0 Å².